The number of anilines is 1. The van der Waals surface area contributed by atoms with Gasteiger partial charge in [0.2, 0.25) is 0 Å². The Hall–Kier alpha value is -1.22. The lowest BCUT2D eigenvalue weighted by Crippen LogP contribution is -2.35. The average molecular weight is 213 g/mol. The van der Waals surface area contributed by atoms with Crippen molar-refractivity contribution in [2.75, 3.05) is 11.4 Å². The molecule has 0 bridgehead atoms. The van der Waals surface area contributed by atoms with Gasteiger partial charge in [0, 0.05) is 17.3 Å². The molecule has 0 fully saturated rings. The van der Waals surface area contributed by atoms with Gasteiger partial charge in [0.25, 0.3) is 0 Å². The second-order valence-electron chi connectivity index (χ2n) is 3.01. The van der Waals surface area contributed by atoms with Gasteiger partial charge in [-0.05, 0) is 31.5 Å². The van der Waals surface area contributed by atoms with E-state index in [-0.39, 0.29) is 0 Å². The molecule has 0 aromatic heterocycles. The van der Waals surface area contributed by atoms with Gasteiger partial charge in [-0.2, -0.15) is 0 Å². The highest BCUT2D eigenvalue weighted by Crippen LogP contribution is 2.23. The summed E-state index contributed by atoms with van der Waals surface area (Å²) < 4.78 is 0. The summed E-state index contributed by atoms with van der Waals surface area (Å²) >= 11 is 5.84. The number of hydrogen-bond acceptors (Lipinski definition) is 1. The maximum Gasteiger partial charge on any atom is 0.319 e. The lowest BCUT2D eigenvalue weighted by molar-refractivity contribution is 0.254. The van der Waals surface area contributed by atoms with Crippen LogP contribution in [0.3, 0.4) is 0 Å². The van der Waals surface area contributed by atoms with Crippen molar-refractivity contribution < 1.29 is 4.79 Å². The van der Waals surface area contributed by atoms with Gasteiger partial charge in [0.1, 0.15) is 0 Å². The van der Waals surface area contributed by atoms with Crippen LogP contribution in [0.4, 0.5) is 10.5 Å². The molecular weight excluding hydrogens is 200 g/mol. The van der Waals surface area contributed by atoms with Crippen LogP contribution in [0.25, 0.3) is 0 Å². The first-order valence-electron chi connectivity index (χ1n) is 4.39. The van der Waals surface area contributed by atoms with Crippen molar-refractivity contribution in [1.82, 2.24) is 0 Å². The van der Waals surface area contributed by atoms with E-state index in [2.05, 4.69) is 0 Å². The summed E-state index contributed by atoms with van der Waals surface area (Å²) in [5.41, 5.74) is 6.99. The number of nitrogens with two attached hydrogens (primary N) is 1. The van der Waals surface area contributed by atoms with Crippen molar-refractivity contribution in [3.63, 3.8) is 0 Å². The van der Waals surface area contributed by atoms with E-state index >= 15 is 0 Å². The van der Waals surface area contributed by atoms with Crippen LogP contribution in [-0.4, -0.2) is 12.6 Å². The Morgan fingerprint density at radius 2 is 2.21 bits per heavy atom. The van der Waals surface area contributed by atoms with Crippen LogP contribution in [0.2, 0.25) is 5.02 Å². The topological polar surface area (TPSA) is 46.3 Å². The minimum absolute atomic E-state index is 0.460. The first-order chi connectivity index (χ1) is 6.56. The quantitative estimate of drug-likeness (QED) is 0.805. The van der Waals surface area contributed by atoms with Gasteiger partial charge in [-0.15, -0.1) is 0 Å². The molecule has 76 valence electrons. The number of amides is 2. The van der Waals surface area contributed by atoms with Crippen LogP contribution >= 0.6 is 11.6 Å². The van der Waals surface area contributed by atoms with E-state index in [1.54, 1.807) is 12.1 Å². The normalized spacial score (nSPS) is 9.93. The molecular formula is C10H13ClN2O. The molecule has 0 aliphatic carbocycles. The third-order valence-electron chi connectivity index (χ3n) is 2.04. The van der Waals surface area contributed by atoms with Crippen LogP contribution < -0.4 is 10.6 Å². The van der Waals surface area contributed by atoms with Gasteiger partial charge in [0.05, 0.1) is 0 Å². The summed E-state index contributed by atoms with van der Waals surface area (Å²) in [7, 11) is 0. The summed E-state index contributed by atoms with van der Waals surface area (Å²) in [5, 5.41) is 0.602. The predicted molar refractivity (Wildman–Crippen MR) is 58.8 cm³/mol. The molecule has 2 N–H and O–H groups in total. The molecule has 0 atom stereocenters. The Labute approximate surface area is 88.5 Å². The van der Waals surface area contributed by atoms with Gasteiger partial charge in [-0.3, -0.25) is 4.90 Å². The largest absolute Gasteiger partial charge is 0.351 e. The van der Waals surface area contributed by atoms with E-state index in [4.69, 9.17) is 17.3 Å². The minimum atomic E-state index is -0.460. The Kier molecular flexibility index (Phi) is 3.36. The van der Waals surface area contributed by atoms with Crippen molar-refractivity contribution in [3.8, 4) is 0 Å². The summed E-state index contributed by atoms with van der Waals surface area (Å²) in [6, 6.07) is 4.93. The third-order valence-corrected chi connectivity index (χ3v) is 2.28. The van der Waals surface area contributed by atoms with Crippen LogP contribution in [0.1, 0.15) is 12.5 Å². The predicted octanol–water partition coefficient (Wildman–Crippen LogP) is 2.55. The van der Waals surface area contributed by atoms with Crippen LogP contribution in [0, 0.1) is 6.92 Å². The number of primary amides is 1. The Balaban J connectivity index is 3.15. The first-order valence-corrected chi connectivity index (χ1v) is 4.77. The lowest BCUT2D eigenvalue weighted by Gasteiger charge is -2.20. The van der Waals surface area contributed by atoms with E-state index in [1.807, 2.05) is 19.9 Å². The Bertz CT molecular complexity index is 352. The second-order valence-corrected chi connectivity index (χ2v) is 3.45. The molecule has 0 spiro atoms. The molecule has 0 saturated carbocycles. The van der Waals surface area contributed by atoms with Crippen molar-refractivity contribution >= 4 is 23.3 Å². The van der Waals surface area contributed by atoms with Crippen molar-refractivity contribution in [2.24, 2.45) is 5.73 Å². The fraction of sp³-hybridized carbons (Fsp3) is 0.300. The monoisotopic (exact) mass is 212 g/mol. The molecule has 1 aromatic carbocycles. The van der Waals surface area contributed by atoms with E-state index in [0.29, 0.717) is 11.6 Å². The smallest absolute Gasteiger partial charge is 0.319 e. The molecule has 2 amide bonds. The molecule has 1 rings (SSSR count). The summed E-state index contributed by atoms with van der Waals surface area (Å²) in [6.45, 7) is 4.32. The number of hydrogen-bond donors (Lipinski definition) is 1. The highest BCUT2D eigenvalue weighted by atomic mass is 35.5. The number of nitrogens with zero attached hydrogens (tertiary/aromatic N) is 1. The zero-order chi connectivity index (χ0) is 10.7. The van der Waals surface area contributed by atoms with Gasteiger partial charge >= 0.3 is 6.03 Å². The maximum atomic E-state index is 11.1. The molecule has 0 saturated heterocycles. The Morgan fingerprint density at radius 1 is 1.57 bits per heavy atom. The van der Waals surface area contributed by atoms with Gasteiger partial charge in [0.15, 0.2) is 0 Å². The average Bonchev–Trinajstić information content (AvgIpc) is 2.11. The third kappa shape index (κ3) is 2.17. The van der Waals surface area contributed by atoms with Crippen molar-refractivity contribution in [3.05, 3.63) is 28.8 Å². The fourth-order valence-corrected chi connectivity index (χ4v) is 1.48. The first kappa shape index (κ1) is 10.9. The van der Waals surface area contributed by atoms with Gasteiger partial charge in [-0.1, -0.05) is 17.7 Å². The molecule has 0 aliphatic heterocycles. The molecule has 0 aliphatic rings. The number of carbonyl (C=O) groups is 1. The molecule has 0 radical (unpaired) electrons. The molecule has 1 aromatic rings. The van der Waals surface area contributed by atoms with Crippen LogP contribution in [0.15, 0.2) is 18.2 Å². The molecule has 14 heavy (non-hydrogen) atoms. The second kappa shape index (κ2) is 4.33. The lowest BCUT2D eigenvalue weighted by atomic mass is 10.2. The van der Waals surface area contributed by atoms with Crippen molar-refractivity contribution in [1.29, 1.82) is 0 Å². The van der Waals surface area contributed by atoms with Crippen LogP contribution in [0.5, 0.6) is 0 Å². The van der Waals surface area contributed by atoms with Crippen LogP contribution in [-0.2, 0) is 0 Å². The number of halogens is 1. The summed E-state index contributed by atoms with van der Waals surface area (Å²) in [6.07, 6.45) is 0. The summed E-state index contributed by atoms with van der Waals surface area (Å²) in [4.78, 5) is 12.6. The van der Waals surface area contributed by atoms with Gasteiger partial charge in [-0.25, -0.2) is 4.79 Å². The Morgan fingerprint density at radius 3 is 2.71 bits per heavy atom. The highest BCUT2D eigenvalue weighted by Gasteiger charge is 2.12. The number of aryl methyl sites for hydroxylation is 1. The zero-order valence-electron chi connectivity index (χ0n) is 8.25. The van der Waals surface area contributed by atoms with E-state index < -0.39 is 6.03 Å². The van der Waals surface area contributed by atoms with E-state index in [0.717, 1.165) is 11.3 Å². The zero-order valence-corrected chi connectivity index (χ0v) is 9.01. The van der Waals surface area contributed by atoms with E-state index in [9.17, 15) is 4.79 Å². The molecule has 0 unspecified atom stereocenters. The number of urea groups is 1. The number of rotatable bonds is 2. The minimum Gasteiger partial charge on any atom is -0.351 e. The summed E-state index contributed by atoms with van der Waals surface area (Å²) in [5.74, 6) is 0. The number of carbonyl (C=O) groups excluding carboxylic acids is 1. The molecule has 3 nitrogen and oxygen atoms in total. The molecule has 4 heteroatoms. The standard InChI is InChI=1S/C10H13ClN2O/c1-3-13(10(12)14)9-6-8(11)5-4-7(9)2/h4-6H,3H2,1-2H3,(H2,12,14). The number of benzene rings is 1. The van der Waals surface area contributed by atoms with Crippen molar-refractivity contribution in [2.45, 2.75) is 13.8 Å². The fourth-order valence-electron chi connectivity index (χ4n) is 1.32. The SMILES string of the molecule is CCN(C(N)=O)c1cc(Cl)ccc1C. The molecule has 0 heterocycles. The maximum absolute atomic E-state index is 11.1. The highest BCUT2D eigenvalue weighted by molar-refractivity contribution is 6.31. The van der Waals surface area contributed by atoms with Gasteiger partial charge < -0.3 is 5.73 Å². The van der Waals surface area contributed by atoms with E-state index in [1.165, 1.54) is 4.90 Å².